The Kier molecular flexibility index (Phi) is 0.713. The third-order valence-corrected chi connectivity index (χ3v) is 2.39. The van der Waals surface area contributed by atoms with E-state index < -0.39 is 0 Å². The average Bonchev–Trinajstić information content (AvgIpc) is 2.09. The maximum absolute atomic E-state index is 10.6. The van der Waals surface area contributed by atoms with Crippen molar-refractivity contribution in [3.63, 3.8) is 0 Å². The topological polar surface area (TPSA) is 20.3 Å². The van der Waals surface area contributed by atoms with Crippen molar-refractivity contribution in [3.8, 4) is 0 Å². The van der Waals surface area contributed by atoms with Gasteiger partial charge in [-0.05, 0) is 5.41 Å². The number of amides is 1. The minimum absolute atomic E-state index is 0.260. The van der Waals surface area contributed by atoms with E-state index in [1.54, 1.807) is 16.7 Å². The molecule has 3 heteroatoms. The molecule has 8 heavy (non-hydrogen) atoms. The quantitative estimate of drug-likeness (QED) is 0.448. The number of thioether (sulfide) groups is 1. The molecule has 0 aliphatic carbocycles. The second-order valence-corrected chi connectivity index (χ2v) is 2.97. The molecule has 42 valence electrons. The number of carbonyl (C=O) groups excluding carboxylic acids is 1. The Balaban J connectivity index is 2.21. The molecule has 0 saturated carbocycles. The highest BCUT2D eigenvalue weighted by atomic mass is 32.2. The predicted molar refractivity (Wildman–Crippen MR) is 32.0 cm³/mol. The van der Waals surface area contributed by atoms with Crippen LogP contribution in [0, 0.1) is 0 Å². The van der Waals surface area contributed by atoms with Crippen LogP contribution in [-0.2, 0) is 4.79 Å². The normalized spacial score (nSPS) is 32.8. The van der Waals surface area contributed by atoms with Gasteiger partial charge in [-0.3, -0.25) is 4.79 Å². The van der Waals surface area contributed by atoms with Crippen molar-refractivity contribution in [1.82, 2.24) is 4.90 Å². The molecule has 2 aliphatic rings. The van der Waals surface area contributed by atoms with Crippen molar-refractivity contribution in [3.05, 3.63) is 11.6 Å². The van der Waals surface area contributed by atoms with Gasteiger partial charge >= 0.3 is 0 Å². The first-order valence-electron chi connectivity index (χ1n) is 2.51. The molecular weight excluding hydrogens is 122 g/mol. The molecule has 0 aromatic heterocycles. The molecule has 1 unspecified atom stereocenters. The van der Waals surface area contributed by atoms with Crippen molar-refractivity contribution < 1.29 is 4.79 Å². The maximum Gasteiger partial charge on any atom is 0.230 e. The molecule has 0 radical (unpaired) electrons. The molecule has 1 atom stereocenters. The lowest BCUT2D eigenvalue weighted by atomic mass is 10.2. The van der Waals surface area contributed by atoms with Crippen molar-refractivity contribution in [2.24, 2.45) is 0 Å². The largest absolute Gasteiger partial charge is 0.305 e. The van der Waals surface area contributed by atoms with Crippen LogP contribution in [0.1, 0.15) is 6.42 Å². The maximum atomic E-state index is 10.6. The van der Waals surface area contributed by atoms with Gasteiger partial charge in [-0.2, -0.15) is 0 Å². The lowest BCUT2D eigenvalue weighted by Gasteiger charge is -2.31. The zero-order valence-electron chi connectivity index (χ0n) is 4.20. The Bertz CT molecular complexity index is 166. The summed E-state index contributed by atoms with van der Waals surface area (Å²) in [4.78, 5) is 12.3. The van der Waals surface area contributed by atoms with Crippen LogP contribution in [-0.4, -0.2) is 16.2 Å². The predicted octanol–water partition coefficient (Wildman–Crippen LogP) is 0.763. The van der Waals surface area contributed by atoms with Gasteiger partial charge in [-0.15, -0.1) is 11.8 Å². The first-order valence-corrected chi connectivity index (χ1v) is 3.45. The smallest absolute Gasteiger partial charge is 0.230 e. The SMILES string of the molecule is O=C1CC2SC=CN12. The van der Waals surface area contributed by atoms with E-state index in [0.717, 1.165) is 6.42 Å². The van der Waals surface area contributed by atoms with Crippen LogP contribution in [0.3, 0.4) is 0 Å². The number of hydrogen-bond donors (Lipinski definition) is 0. The summed E-state index contributed by atoms with van der Waals surface area (Å²) in [5, 5.41) is 2.43. The first-order chi connectivity index (χ1) is 3.88. The molecule has 1 fully saturated rings. The zero-order valence-corrected chi connectivity index (χ0v) is 5.02. The second kappa shape index (κ2) is 1.29. The summed E-state index contributed by atoms with van der Waals surface area (Å²) >= 11 is 1.72. The van der Waals surface area contributed by atoms with E-state index in [1.165, 1.54) is 0 Å². The first kappa shape index (κ1) is 4.44. The van der Waals surface area contributed by atoms with E-state index in [4.69, 9.17) is 0 Å². The number of nitrogens with zero attached hydrogens (tertiary/aromatic N) is 1. The number of fused-ring (bicyclic) bond motifs is 1. The summed E-state index contributed by atoms with van der Waals surface area (Å²) in [7, 11) is 0. The molecule has 2 rings (SSSR count). The third-order valence-electron chi connectivity index (χ3n) is 1.40. The standard InChI is InChI=1S/C5H5NOS/c7-4-3-5-6(4)1-2-8-5/h1-2,5H,3H2. The van der Waals surface area contributed by atoms with Gasteiger partial charge in [0, 0.05) is 6.20 Å². The van der Waals surface area contributed by atoms with Crippen LogP contribution in [0.4, 0.5) is 0 Å². The molecule has 0 aromatic carbocycles. The Morgan fingerprint density at radius 1 is 1.88 bits per heavy atom. The third kappa shape index (κ3) is 0.375. The van der Waals surface area contributed by atoms with Crippen LogP contribution >= 0.6 is 11.8 Å². The van der Waals surface area contributed by atoms with Gasteiger partial charge in [-0.1, -0.05) is 0 Å². The summed E-state index contributed by atoms with van der Waals surface area (Å²) in [5.41, 5.74) is 0. The number of hydrogen-bond acceptors (Lipinski definition) is 2. The Morgan fingerprint density at radius 2 is 2.75 bits per heavy atom. The summed E-state index contributed by atoms with van der Waals surface area (Å²) in [6.45, 7) is 0. The Labute approximate surface area is 51.5 Å². The molecule has 0 bridgehead atoms. The summed E-state index contributed by atoms with van der Waals surface area (Å²) < 4.78 is 0. The van der Waals surface area contributed by atoms with Gasteiger partial charge in [0.15, 0.2) is 0 Å². The fraction of sp³-hybridized carbons (Fsp3) is 0.400. The van der Waals surface area contributed by atoms with Gasteiger partial charge in [0.2, 0.25) is 5.91 Å². The molecule has 1 amide bonds. The van der Waals surface area contributed by atoms with Gasteiger partial charge in [-0.25, -0.2) is 0 Å². The van der Waals surface area contributed by atoms with Crippen LogP contribution in [0.2, 0.25) is 0 Å². The van der Waals surface area contributed by atoms with Crippen LogP contribution in [0.15, 0.2) is 11.6 Å². The fourth-order valence-electron chi connectivity index (χ4n) is 0.886. The molecule has 2 nitrogen and oxygen atoms in total. The lowest BCUT2D eigenvalue weighted by Crippen LogP contribution is -2.44. The fourth-order valence-corrected chi connectivity index (χ4v) is 1.83. The molecule has 0 aromatic rings. The van der Waals surface area contributed by atoms with Crippen molar-refractivity contribution in [2.45, 2.75) is 11.8 Å². The van der Waals surface area contributed by atoms with E-state index in [2.05, 4.69) is 0 Å². The molecular formula is C5H5NOS. The minimum Gasteiger partial charge on any atom is -0.305 e. The van der Waals surface area contributed by atoms with Crippen molar-refractivity contribution in [1.29, 1.82) is 0 Å². The highest BCUT2D eigenvalue weighted by molar-refractivity contribution is 8.03. The van der Waals surface area contributed by atoms with Gasteiger partial charge in [0.1, 0.15) is 0 Å². The summed E-state index contributed by atoms with van der Waals surface area (Å²) in [6, 6.07) is 0. The average molecular weight is 127 g/mol. The van der Waals surface area contributed by atoms with Crippen LogP contribution in [0.5, 0.6) is 0 Å². The van der Waals surface area contributed by atoms with Gasteiger partial charge < -0.3 is 4.90 Å². The van der Waals surface area contributed by atoms with E-state index in [-0.39, 0.29) is 5.91 Å². The van der Waals surface area contributed by atoms with E-state index in [1.807, 2.05) is 11.6 Å². The molecule has 2 heterocycles. The van der Waals surface area contributed by atoms with Crippen LogP contribution < -0.4 is 0 Å². The number of carbonyl (C=O) groups is 1. The Hall–Kier alpha value is -0.440. The number of β-lactam (4-membered cyclic amide) rings is 1. The summed E-state index contributed by atoms with van der Waals surface area (Å²) in [6.07, 6.45) is 2.58. The van der Waals surface area contributed by atoms with Crippen molar-refractivity contribution in [2.75, 3.05) is 0 Å². The molecule has 0 N–H and O–H groups in total. The zero-order chi connectivity index (χ0) is 5.56. The van der Waals surface area contributed by atoms with E-state index in [9.17, 15) is 4.79 Å². The lowest BCUT2D eigenvalue weighted by molar-refractivity contribution is -0.137. The molecule has 1 saturated heterocycles. The van der Waals surface area contributed by atoms with Gasteiger partial charge in [0.05, 0.1) is 11.8 Å². The second-order valence-electron chi connectivity index (χ2n) is 1.88. The monoisotopic (exact) mass is 127 g/mol. The Morgan fingerprint density at radius 3 is 3.25 bits per heavy atom. The molecule has 2 aliphatic heterocycles. The van der Waals surface area contributed by atoms with E-state index in [0.29, 0.717) is 5.37 Å². The van der Waals surface area contributed by atoms with Crippen LogP contribution in [0.25, 0.3) is 0 Å². The summed E-state index contributed by atoms with van der Waals surface area (Å²) in [5.74, 6) is 0.260. The molecule has 0 spiro atoms. The number of rotatable bonds is 0. The van der Waals surface area contributed by atoms with Gasteiger partial charge in [0.25, 0.3) is 0 Å². The highest BCUT2D eigenvalue weighted by Crippen LogP contribution is 2.35. The minimum atomic E-state index is 0.260. The van der Waals surface area contributed by atoms with Crippen molar-refractivity contribution >= 4 is 17.7 Å². The highest BCUT2D eigenvalue weighted by Gasteiger charge is 2.36. The van der Waals surface area contributed by atoms with E-state index >= 15 is 0 Å².